The maximum absolute atomic E-state index is 12.6. The van der Waals surface area contributed by atoms with Crippen molar-refractivity contribution in [3.8, 4) is 0 Å². The van der Waals surface area contributed by atoms with Gasteiger partial charge in [-0.3, -0.25) is 0 Å². The number of hydrogen-bond acceptors (Lipinski definition) is 4. The number of hydrogen-bond donors (Lipinski definition) is 0. The Balaban J connectivity index is 2.05. The molecular weight excluding hydrogens is 320 g/mol. The van der Waals surface area contributed by atoms with Crippen molar-refractivity contribution in [2.75, 3.05) is 0 Å². The number of allylic oxidation sites excluding steroid dienone is 1. The summed E-state index contributed by atoms with van der Waals surface area (Å²) < 4.78 is 14.0. The molecule has 0 saturated heterocycles. The minimum absolute atomic E-state index is 0.221. The summed E-state index contributed by atoms with van der Waals surface area (Å²) in [5.74, 6) is 0. The molecule has 22 heavy (non-hydrogen) atoms. The average molecular weight is 331 g/mol. The molecule has 0 aliphatic heterocycles. The van der Waals surface area contributed by atoms with E-state index in [1.807, 2.05) is 24.3 Å². The molecule has 1 aromatic carbocycles. The molecular formula is C15H11ClN4OS. The summed E-state index contributed by atoms with van der Waals surface area (Å²) in [6.45, 7) is 7.80. The van der Waals surface area contributed by atoms with Gasteiger partial charge in [0.15, 0.2) is 21.8 Å². The Kier molecular flexibility index (Phi) is 3.87. The molecule has 0 fully saturated rings. The van der Waals surface area contributed by atoms with Gasteiger partial charge in [-0.25, -0.2) is 23.1 Å². The third-order valence-corrected chi connectivity index (χ3v) is 4.50. The first-order valence-corrected chi connectivity index (χ1v) is 7.77. The largest absolute Gasteiger partial charge is 0.231 e. The highest BCUT2D eigenvalue weighted by Crippen LogP contribution is 2.19. The van der Waals surface area contributed by atoms with Gasteiger partial charge >= 0.3 is 0 Å². The van der Waals surface area contributed by atoms with Crippen molar-refractivity contribution in [3.05, 3.63) is 64.0 Å². The van der Waals surface area contributed by atoms with Gasteiger partial charge in [0.25, 0.3) is 0 Å². The van der Waals surface area contributed by atoms with E-state index in [-0.39, 0.29) is 5.15 Å². The Hall–Kier alpha value is -2.31. The van der Waals surface area contributed by atoms with Gasteiger partial charge in [-0.2, -0.15) is 0 Å². The Morgan fingerprint density at radius 1 is 1.27 bits per heavy atom. The van der Waals surface area contributed by atoms with E-state index >= 15 is 0 Å². The molecule has 3 rings (SSSR count). The molecule has 1 unspecified atom stereocenters. The lowest BCUT2D eigenvalue weighted by Gasteiger charge is -2.03. The summed E-state index contributed by atoms with van der Waals surface area (Å²) in [4.78, 5) is 12.4. The SMILES string of the molecule is C=C(/C=c1/ccccc1=C)S(=O)n1cnc2c(Cl)ncnc21. The van der Waals surface area contributed by atoms with Gasteiger partial charge in [0.1, 0.15) is 18.2 Å². The van der Waals surface area contributed by atoms with Crippen LogP contribution < -0.4 is 10.4 Å². The van der Waals surface area contributed by atoms with Gasteiger partial charge in [0.2, 0.25) is 0 Å². The monoisotopic (exact) mass is 330 g/mol. The van der Waals surface area contributed by atoms with Crippen LogP contribution in [0.15, 0.2) is 48.4 Å². The van der Waals surface area contributed by atoms with Crippen molar-refractivity contribution in [2.24, 2.45) is 0 Å². The van der Waals surface area contributed by atoms with E-state index in [1.165, 1.54) is 16.6 Å². The Morgan fingerprint density at radius 3 is 2.82 bits per heavy atom. The van der Waals surface area contributed by atoms with E-state index in [9.17, 15) is 4.21 Å². The van der Waals surface area contributed by atoms with Gasteiger partial charge < -0.3 is 0 Å². The molecule has 0 aliphatic rings. The highest BCUT2D eigenvalue weighted by Gasteiger charge is 2.14. The lowest BCUT2D eigenvalue weighted by Crippen LogP contribution is -2.22. The second-order valence-electron chi connectivity index (χ2n) is 4.47. The molecule has 0 amide bonds. The Labute approximate surface area is 133 Å². The van der Waals surface area contributed by atoms with Crippen molar-refractivity contribution >= 4 is 46.4 Å². The van der Waals surface area contributed by atoms with Crippen LogP contribution in [0.1, 0.15) is 0 Å². The molecule has 0 N–H and O–H groups in total. The number of fused-ring (bicyclic) bond motifs is 1. The summed E-state index contributed by atoms with van der Waals surface area (Å²) >= 11 is 5.94. The summed E-state index contributed by atoms with van der Waals surface area (Å²) in [7, 11) is -1.56. The summed E-state index contributed by atoms with van der Waals surface area (Å²) in [5.41, 5.74) is 0.804. The van der Waals surface area contributed by atoms with Gasteiger partial charge in [-0.05, 0) is 16.5 Å². The molecule has 0 aliphatic carbocycles. The number of imidazole rings is 1. The van der Waals surface area contributed by atoms with Crippen molar-refractivity contribution in [2.45, 2.75) is 0 Å². The van der Waals surface area contributed by atoms with E-state index in [0.29, 0.717) is 16.1 Å². The smallest absolute Gasteiger partial charge is 0.177 e. The van der Waals surface area contributed by atoms with E-state index in [0.717, 1.165) is 10.4 Å². The first-order valence-electron chi connectivity index (χ1n) is 6.28. The van der Waals surface area contributed by atoms with Crippen molar-refractivity contribution in [1.29, 1.82) is 0 Å². The molecule has 3 aromatic rings. The molecule has 0 saturated carbocycles. The summed E-state index contributed by atoms with van der Waals surface area (Å²) in [5, 5.41) is 1.91. The molecule has 110 valence electrons. The minimum atomic E-state index is -1.56. The number of nitrogens with zero attached hydrogens (tertiary/aromatic N) is 4. The van der Waals surface area contributed by atoms with Crippen molar-refractivity contribution in [1.82, 2.24) is 18.9 Å². The lowest BCUT2D eigenvalue weighted by atomic mass is 10.2. The molecule has 2 heterocycles. The van der Waals surface area contributed by atoms with E-state index in [2.05, 4.69) is 28.1 Å². The number of halogens is 1. The zero-order valence-corrected chi connectivity index (χ0v) is 13.0. The maximum atomic E-state index is 12.6. The fraction of sp³-hybridized carbons (Fsp3) is 0. The lowest BCUT2D eigenvalue weighted by molar-refractivity contribution is 0.683. The first-order chi connectivity index (χ1) is 10.6. The third-order valence-electron chi connectivity index (χ3n) is 3.03. The van der Waals surface area contributed by atoms with Crippen LogP contribution in [0.2, 0.25) is 5.15 Å². The first kappa shape index (κ1) is 14.6. The maximum Gasteiger partial charge on any atom is 0.177 e. The second kappa shape index (κ2) is 5.82. The number of benzene rings is 1. The normalized spacial score (nSPS) is 13.4. The van der Waals surface area contributed by atoms with Gasteiger partial charge in [-0.15, -0.1) is 0 Å². The Bertz CT molecular complexity index is 1010. The van der Waals surface area contributed by atoms with Crippen LogP contribution >= 0.6 is 11.6 Å². The Morgan fingerprint density at radius 2 is 2.05 bits per heavy atom. The molecule has 0 radical (unpaired) electrons. The van der Waals surface area contributed by atoms with Crippen LogP contribution in [-0.2, 0) is 11.0 Å². The fourth-order valence-corrected chi connectivity index (χ4v) is 3.01. The van der Waals surface area contributed by atoms with Gasteiger partial charge in [0.05, 0.1) is 4.91 Å². The van der Waals surface area contributed by atoms with E-state index in [4.69, 9.17) is 11.6 Å². The zero-order valence-electron chi connectivity index (χ0n) is 11.4. The quantitative estimate of drug-likeness (QED) is 0.681. The van der Waals surface area contributed by atoms with Gasteiger partial charge in [0, 0.05) is 0 Å². The molecule has 1 atom stereocenters. The fourth-order valence-electron chi connectivity index (χ4n) is 1.93. The van der Waals surface area contributed by atoms with Crippen LogP contribution in [0, 0.1) is 0 Å². The highest BCUT2D eigenvalue weighted by molar-refractivity contribution is 7.88. The van der Waals surface area contributed by atoms with Crippen LogP contribution in [-0.4, -0.2) is 23.1 Å². The van der Waals surface area contributed by atoms with E-state index in [1.54, 1.807) is 6.08 Å². The molecule has 0 spiro atoms. The summed E-state index contributed by atoms with van der Waals surface area (Å²) in [6, 6.07) is 7.54. The minimum Gasteiger partial charge on any atom is -0.231 e. The van der Waals surface area contributed by atoms with Gasteiger partial charge in [-0.1, -0.05) is 49.0 Å². The standard InChI is InChI=1S/C15H11ClN4OS/c1-10-5-3-4-6-12(10)7-11(2)22(21)20-9-19-13-14(16)17-8-18-15(13)20/h3-9H,1-2H2/b12-7-. The van der Waals surface area contributed by atoms with Crippen molar-refractivity contribution in [3.63, 3.8) is 0 Å². The molecule has 2 aromatic heterocycles. The molecule has 7 heteroatoms. The average Bonchev–Trinajstić information content (AvgIpc) is 2.94. The zero-order chi connectivity index (χ0) is 15.7. The second-order valence-corrected chi connectivity index (χ2v) is 6.24. The third kappa shape index (κ3) is 2.58. The van der Waals surface area contributed by atoms with Crippen molar-refractivity contribution < 1.29 is 4.21 Å². The highest BCUT2D eigenvalue weighted by atomic mass is 35.5. The van der Waals surface area contributed by atoms with E-state index < -0.39 is 11.0 Å². The summed E-state index contributed by atoms with van der Waals surface area (Å²) in [6.07, 6.45) is 4.45. The van der Waals surface area contributed by atoms with Crippen LogP contribution in [0.3, 0.4) is 0 Å². The van der Waals surface area contributed by atoms with Crippen LogP contribution in [0.25, 0.3) is 23.8 Å². The predicted octanol–water partition coefficient (Wildman–Crippen LogP) is 1.40. The molecule has 5 nitrogen and oxygen atoms in total. The topological polar surface area (TPSA) is 60.7 Å². The molecule has 0 bridgehead atoms. The van der Waals surface area contributed by atoms with Crippen LogP contribution in [0.5, 0.6) is 0 Å². The predicted molar refractivity (Wildman–Crippen MR) is 88.7 cm³/mol. The van der Waals surface area contributed by atoms with Crippen LogP contribution in [0.4, 0.5) is 0 Å². The number of rotatable bonds is 3. The number of aromatic nitrogens is 4.